The number of halogens is 1. The smallest absolute Gasteiger partial charge is 0.126 e. The van der Waals surface area contributed by atoms with Gasteiger partial charge in [0, 0.05) is 0 Å². The van der Waals surface area contributed by atoms with Gasteiger partial charge in [-0.1, -0.05) is 30.3 Å². The van der Waals surface area contributed by atoms with Crippen LogP contribution in [-0.4, -0.2) is 0 Å². The molecule has 0 heterocycles. The van der Waals surface area contributed by atoms with Gasteiger partial charge in [0.25, 0.3) is 0 Å². The van der Waals surface area contributed by atoms with Crippen LogP contribution >= 0.6 is 0 Å². The van der Waals surface area contributed by atoms with Crippen molar-refractivity contribution >= 4 is 0 Å². The molecule has 0 aliphatic carbocycles. The molecule has 1 unspecified atom stereocenters. The van der Waals surface area contributed by atoms with Crippen molar-refractivity contribution in [1.82, 2.24) is 5.43 Å². The highest BCUT2D eigenvalue weighted by Gasteiger charge is 2.14. The molecule has 3 N–H and O–H groups in total. The van der Waals surface area contributed by atoms with Crippen molar-refractivity contribution in [2.45, 2.75) is 33.2 Å². The molecule has 0 bridgehead atoms. The molecule has 0 fully saturated rings. The van der Waals surface area contributed by atoms with E-state index in [4.69, 9.17) is 5.84 Å². The predicted octanol–water partition coefficient (Wildman–Crippen LogP) is 3.50. The van der Waals surface area contributed by atoms with Crippen molar-refractivity contribution in [1.29, 1.82) is 0 Å². The topological polar surface area (TPSA) is 38.0 Å². The second kappa shape index (κ2) is 6.16. The van der Waals surface area contributed by atoms with Crippen molar-refractivity contribution in [3.8, 4) is 0 Å². The van der Waals surface area contributed by atoms with Crippen molar-refractivity contribution in [2.75, 3.05) is 0 Å². The lowest BCUT2D eigenvalue weighted by Gasteiger charge is -2.19. The Kier molecular flexibility index (Phi) is 4.53. The highest BCUT2D eigenvalue weighted by Crippen LogP contribution is 2.23. The van der Waals surface area contributed by atoms with E-state index in [-0.39, 0.29) is 11.9 Å². The van der Waals surface area contributed by atoms with Gasteiger partial charge in [0.05, 0.1) is 6.04 Å². The van der Waals surface area contributed by atoms with E-state index in [1.54, 1.807) is 19.1 Å². The van der Waals surface area contributed by atoms with Gasteiger partial charge < -0.3 is 0 Å². The van der Waals surface area contributed by atoms with E-state index >= 15 is 0 Å². The van der Waals surface area contributed by atoms with E-state index in [0.717, 1.165) is 12.0 Å². The summed E-state index contributed by atoms with van der Waals surface area (Å²) < 4.78 is 13.7. The first-order valence-electron chi connectivity index (χ1n) is 6.80. The molecule has 0 amide bonds. The Hall–Kier alpha value is -1.71. The summed E-state index contributed by atoms with van der Waals surface area (Å²) in [5.74, 6) is 5.48. The van der Waals surface area contributed by atoms with Gasteiger partial charge in [-0.3, -0.25) is 11.3 Å². The first-order chi connectivity index (χ1) is 9.52. The zero-order chi connectivity index (χ0) is 14.7. The summed E-state index contributed by atoms with van der Waals surface area (Å²) in [7, 11) is 0. The molecule has 0 aromatic heterocycles. The number of aryl methyl sites for hydroxylation is 3. The van der Waals surface area contributed by atoms with E-state index in [9.17, 15) is 4.39 Å². The molecular weight excluding hydrogens is 251 g/mol. The molecule has 0 saturated heterocycles. The minimum Gasteiger partial charge on any atom is -0.271 e. The van der Waals surface area contributed by atoms with E-state index < -0.39 is 0 Å². The molecule has 3 heteroatoms. The first kappa shape index (κ1) is 14.7. The largest absolute Gasteiger partial charge is 0.271 e. The van der Waals surface area contributed by atoms with Crippen LogP contribution in [0.25, 0.3) is 0 Å². The van der Waals surface area contributed by atoms with Gasteiger partial charge >= 0.3 is 0 Å². The van der Waals surface area contributed by atoms with Crippen LogP contribution in [0.5, 0.6) is 0 Å². The lowest BCUT2D eigenvalue weighted by atomic mass is 9.93. The second-order valence-electron chi connectivity index (χ2n) is 5.30. The first-order valence-corrected chi connectivity index (χ1v) is 6.80. The predicted molar refractivity (Wildman–Crippen MR) is 80.8 cm³/mol. The van der Waals surface area contributed by atoms with Gasteiger partial charge in [-0.2, -0.15) is 0 Å². The molecule has 20 heavy (non-hydrogen) atoms. The SMILES string of the molecule is Cc1ccc(C(Cc2c(C)cccc2C)NN)cc1F. The zero-order valence-electron chi connectivity index (χ0n) is 12.2. The van der Waals surface area contributed by atoms with Crippen LogP contribution in [0.2, 0.25) is 0 Å². The molecule has 0 radical (unpaired) electrons. The quantitative estimate of drug-likeness (QED) is 0.660. The van der Waals surface area contributed by atoms with Gasteiger partial charge in [-0.15, -0.1) is 0 Å². The van der Waals surface area contributed by atoms with Crippen LogP contribution in [0.15, 0.2) is 36.4 Å². The Morgan fingerprint density at radius 2 is 1.70 bits per heavy atom. The third-order valence-corrected chi connectivity index (χ3v) is 3.85. The average Bonchev–Trinajstić information content (AvgIpc) is 2.42. The van der Waals surface area contributed by atoms with Crippen LogP contribution in [0.1, 0.15) is 33.9 Å². The number of hydrazine groups is 1. The Labute approximate surface area is 119 Å². The molecule has 2 aromatic carbocycles. The minimum absolute atomic E-state index is 0.0927. The van der Waals surface area contributed by atoms with E-state index in [2.05, 4.69) is 31.4 Å². The van der Waals surface area contributed by atoms with Crippen LogP contribution in [0, 0.1) is 26.6 Å². The molecule has 1 atom stereocenters. The van der Waals surface area contributed by atoms with Gasteiger partial charge in [-0.05, 0) is 61.1 Å². The minimum atomic E-state index is -0.191. The Bertz CT molecular complexity index is 588. The summed E-state index contributed by atoms with van der Waals surface area (Å²) in [4.78, 5) is 0. The Morgan fingerprint density at radius 1 is 1.05 bits per heavy atom. The maximum Gasteiger partial charge on any atom is 0.126 e. The lowest BCUT2D eigenvalue weighted by molar-refractivity contribution is 0.541. The molecule has 0 spiro atoms. The number of rotatable bonds is 4. The van der Waals surface area contributed by atoms with Crippen molar-refractivity contribution < 1.29 is 4.39 Å². The molecule has 0 saturated carbocycles. The fourth-order valence-corrected chi connectivity index (χ4v) is 2.47. The van der Waals surface area contributed by atoms with Crippen molar-refractivity contribution in [3.63, 3.8) is 0 Å². The average molecular weight is 272 g/mol. The molecule has 2 rings (SSSR count). The van der Waals surface area contributed by atoms with Crippen molar-refractivity contribution in [2.24, 2.45) is 5.84 Å². The molecule has 2 aromatic rings. The third kappa shape index (κ3) is 3.06. The number of nitrogens with two attached hydrogens (primary N) is 1. The summed E-state index contributed by atoms with van der Waals surface area (Å²) in [5, 5.41) is 0. The third-order valence-electron chi connectivity index (χ3n) is 3.85. The summed E-state index contributed by atoms with van der Waals surface area (Å²) >= 11 is 0. The van der Waals surface area contributed by atoms with Gasteiger partial charge in [0.1, 0.15) is 5.82 Å². The monoisotopic (exact) mass is 272 g/mol. The van der Waals surface area contributed by atoms with Gasteiger partial charge in [0.15, 0.2) is 0 Å². The standard InChI is InChI=1S/C17H21FN2/c1-11-5-4-6-12(2)15(11)10-17(20-19)14-8-7-13(3)16(18)9-14/h4-9,17,20H,10,19H2,1-3H3. The molecule has 106 valence electrons. The van der Waals surface area contributed by atoms with E-state index in [1.807, 2.05) is 12.1 Å². The van der Waals surface area contributed by atoms with Crippen molar-refractivity contribution in [3.05, 3.63) is 70.0 Å². The number of benzene rings is 2. The van der Waals surface area contributed by atoms with Crippen LogP contribution in [-0.2, 0) is 6.42 Å². The Balaban J connectivity index is 2.31. The van der Waals surface area contributed by atoms with E-state index in [1.165, 1.54) is 16.7 Å². The van der Waals surface area contributed by atoms with Gasteiger partial charge in [-0.25, -0.2) is 4.39 Å². The molecule has 0 aliphatic heterocycles. The maximum atomic E-state index is 13.7. The highest BCUT2D eigenvalue weighted by molar-refractivity contribution is 5.36. The van der Waals surface area contributed by atoms with Crippen LogP contribution < -0.4 is 11.3 Å². The fourth-order valence-electron chi connectivity index (χ4n) is 2.47. The lowest BCUT2D eigenvalue weighted by Crippen LogP contribution is -2.30. The molecule has 2 nitrogen and oxygen atoms in total. The van der Waals surface area contributed by atoms with Crippen LogP contribution in [0.3, 0.4) is 0 Å². The number of hydrogen-bond acceptors (Lipinski definition) is 2. The maximum absolute atomic E-state index is 13.7. The van der Waals surface area contributed by atoms with E-state index in [0.29, 0.717) is 5.56 Å². The normalized spacial score (nSPS) is 12.4. The Morgan fingerprint density at radius 3 is 2.25 bits per heavy atom. The molecule has 0 aliphatic rings. The number of hydrogen-bond donors (Lipinski definition) is 2. The molecular formula is C17H21FN2. The number of nitrogens with one attached hydrogen (secondary N) is 1. The fraction of sp³-hybridized carbons (Fsp3) is 0.294. The second-order valence-corrected chi connectivity index (χ2v) is 5.30. The van der Waals surface area contributed by atoms with Crippen LogP contribution in [0.4, 0.5) is 4.39 Å². The zero-order valence-corrected chi connectivity index (χ0v) is 12.2. The summed E-state index contributed by atoms with van der Waals surface area (Å²) in [6.07, 6.45) is 0.748. The summed E-state index contributed by atoms with van der Waals surface area (Å²) in [5.41, 5.74) is 8.05. The van der Waals surface area contributed by atoms with Gasteiger partial charge in [0.2, 0.25) is 0 Å². The summed E-state index contributed by atoms with van der Waals surface area (Å²) in [6.45, 7) is 5.94. The summed E-state index contributed by atoms with van der Waals surface area (Å²) in [6, 6.07) is 11.4. The highest BCUT2D eigenvalue weighted by atomic mass is 19.1.